The molecular weight excluding hydrogens is 360 g/mol. The van der Waals surface area contributed by atoms with Gasteiger partial charge in [0, 0.05) is 10.2 Å². The lowest BCUT2D eigenvalue weighted by Crippen LogP contribution is -2.22. The highest BCUT2D eigenvalue weighted by Crippen LogP contribution is 2.28. The third-order valence-corrected chi connectivity index (χ3v) is 5.20. The number of fused-ring (bicyclic) bond motifs is 1. The first-order valence-electron chi connectivity index (χ1n) is 7.44. The molecule has 1 amide bonds. The van der Waals surface area contributed by atoms with Crippen molar-refractivity contribution in [2.45, 2.75) is 6.54 Å². The van der Waals surface area contributed by atoms with E-state index in [-0.39, 0.29) is 27.7 Å². The Bertz CT molecular complexity index is 1180. The van der Waals surface area contributed by atoms with E-state index in [1.165, 1.54) is 4.57 Å². The third kappa shape index (κ3) is 2.69. The van der Waals surface area contributed by atoms with E-state index in [0.717, 1.165) is 16.9 Å². The highest BCUT2D eigenvalue weighted by molar-refractivity contribution is 7.11. The summed E-state index contributed by atoms with van der Waals surface area (Å²) in [5.74, 6) is -0.670. The predicted octanol–water partition coefficient (Wildman–Crippen LogP) is 1.68. The molecule has 5 nitrogen and oxygen atoms in total. The van der Waals surface area contributed by atoms with E-state index in [1.54, 1.807) is 48.5 Å². The molecule has 0 bridgehead atoms. The van der Waals surface area contributed by atoms with Gasteiger partial charge in [0.05, 0.1) is 17.5 Å². The van der Waals surface area contributed by atoms with E-state index in [0.29, 0.717) is 15.6 Å². The van der Waals surface area contributed by atoms with Crippen LogP contribution in [-0.4, -0.2) is 15.6 Å². The van der Waals surface area contributed by atoms with Crippen LogP contribution in [0.4, 0.5) is 0 Å². The fraction of sp³-hybridized carbons (Fsp3) is 0.0556. The Hall–Kier alpha value is -2.70. The molecule has 0 aliphatic carbocycles. The molecule has 0 unspecified atom stereocenters. The van der Waals surface area contributed by atoms with Gasteiger partial charge in [-0.2, -0.15) is 0 Å². The average Bonchev–Trinajstić information content (AvgIpc) is 3.06. The van der Waals surface area contributed by atoms with Crippen LogP contribution in [0.5, 0.6) is 5.88 Å². The standard InChI is InChI=1S/C18H11ClN2O3S/c19-11-7-5-10(6-8-11)9-21-17(23)15(25-18(21)24)14-12-3-1-2-4-13(12)20-16(14)22/h1-8,23H,9H2. The van der Waals surface area contributed by atoms with Crippen molar-refractivity contribution in [3.63, 3.8) is 0 Å². The van der Waals surface area contributed by atoms with Crippen LogP contribution in [0.15, 0.2) is 58.3 Å². The van der Waals surface area contributed by atoms with E-state index in [9.17, 15) is 14.7 Å². The number of nitrogens with zero attached hydrogens (tertiary/aromatic N) is 2. The quantitative estimate of drug-likeness (QED) is 0.762. The van der Waals surface area contributed by atoms with Crippen molar-refractivity contribution < 1.29 is 9.90 Å². The second-order valence-corrected chi connectivity index (χ2v) is 6.94. The normalized spacial score (nSPS) is 13.0. The summed E-state index contributed by atoms with van der Waals surface area (Å²) in [7, 11) is 0. The number of hydrogen-bond donors (Lipinski definition) is 1. The average molecular weight is 371 g/mol. The van der Waals surface area contributed by atoms with Gasteiger partial charge in [-0.25, -0.2) is 4.99 Å². The maximum absolute atomic E-state index is 12.3. The van der Waals surface area contributed by atoms with Crippen molar-refractivity contribution in [3.8, 4) is 5.88 Å². The molecule has 1 N–H and O–H groups in total. The van der Waals surface area contributed by atoms with E-state index >= 15 is 0 Å². The van der Waals surface area contributed by atoms with Crippen LogP contribution in [0, 0.1) is 0 Å². The Labute approximate surface area is 150 Å². The largest absolute Gasteiger partial charge is 0.493 e. The number of benzene rings is 2. The van der Waals surface area contributed by atoms with Gasteiger partial charge in [-0.15, -0.1) is 0 Å². The Morgan fingerprint density at radius 1 is 1.08 bits per heavy atom. The summed E-state index contributed by atoms with van der Waals surface area (Å²) < 4.78 is 1.24. The number of aromatic hydroxyl groups is 1. The zero-order valence-electron chi connectivity index (χ0n) is 12.8. The molecule has 3 aromatic rings. The Morgan fingerprint density at radius 3 is 2.56 bits per heavy atom. The minimum absolute atomic E-state index is 0.193. The number of carbonyl (C=O) groups is 1. The zero-order chi connectivity index (χ0) is 17.6. The molecular formula is C18H11ClN2O3S. The highest BCUT2D eigenvalue weighted by atomic mass is 35.5. The Morgan fingerprint density at radius 2 is 1.80 bits per heavy atom. The summed E-state index contributed by atoms with van der Waals surface area (Å²) in [5.41, 5.74) is 1.09. The minimum Gasteiger partial charge on any atom is -0.493 e. The van der Waals surface area contributed by atoms with Crippen molar-refractivity contribution in [2.24, 2.45) is 4.99 Å². The molecule has 2 heterocycles. The molecule has 0 atom stereocenters. The fourth-order valence-corrected chi connectivity index (χ4v) is 3.82. The molecule has 7 heteroatoms. The summed E-state index contributed by atoms with van der Waals surface area (Å²) >= 11 is 6.71. The molecule has 1 aliphatic rings. The van der Waals surface area contributed by atoms with Gasteiger partial charge in [0.1, 0.15) is 4.88 Å². The van der Waals surface area contributed by atoms with Crippen molar-refractivity contribution >= 4 is 34.4 Å². The summed E-state index contributed by atoms with van der Waals surface area (Å²) in [6, 6.07) is 14.1. The van der Waals surface area contributed by atoms with E-state index in [4.69, 9.17) is 11.6 Å². The molecule has 0 saturated heterocycles. The lowest BCUT2D eigenvalue weighted by Gasteiger charge is -2.05. The van der Waals surface area contributed by atoms with Gasteiger partial charge in [-0.05, 0) is 23.8 Å². The molecule has 0 spiro atoms. The lowest BCUT2D eigenvalue weighted by molar-refractivity contribution is -0.112. The number of halogens is 1. The number of hydrogen-bond acceptors (Lipinski definition) is 4. The van der Waals surface area contributed by atoms with E-state index in [2.05, 4.69) is 4.99 Å². The SMILES string of the molecule is O=C1N=c2ccccc2=C1c1sc(=O)n(Cc2ccc(Cl)cc2)c1O. The second kappa shape index (κ2) is 5.98. The van der Waals surface area contributed by atoms with Gasteiger partial charge in [0.2, 0.25) is 5.88 Å². The first kappa shape index (κ1) is 15.8. The van der Waals surface area contributed by atoms with Crippen molar-refractivity contribution in [1.82, 2.24) is 4.57 Å². The summed E-state index contributed by atoms with van der Waals surface area (Å²) in [4.78, 5) is 28.5. The third-order valence-electron chi connectivity index (χ3n) is 3.96. The Kier molecular flexibility index (Phi) is 3.78. The van der Waals surface area contributed by atoms with Gasteiger partial charge in [-0.3, -0.25) is 14.2 Å². The van der Waals surface area contributed by atoms with Crippen LogP contribution in [0.25, 0.3) is 5.57 Å². The second-order valence-electron chi connectivity index (χ2n) is 5.54. The molecule has 0 radical (unpaired) electrons. The maximum atomic E-state index is 12.3. The molecule has 2 aromatic carbocycles. The monoisotopic (exact) mass is 370 g/mol. The van der Waals surface area contributed by atoms with Crippen LogP contribution in [0.3, 0.4) is 0 Å². The van der Waals surface area contributed by atoms with Gasteiger partial charge >= 0.3 is 4.87 Å². The van der Waals surface area contributed by atoms with Crippen LogP contribution >= 0.6 is 22.9 Å². The molecule has 0 saturated carbocycles. The van der Waals surface area contributed by atoms with Gasteiger partial charge in [0.15, 0.2) is 0 Å². The van der Waals surface area contributed by atoms with Crippen LogP contribution in [0.1, 0.15) is 10.4 Å². The van der Waals surface area contributed by atoms with Crippen LogP contribution in [-0.2, 0) is 11.3 Å². The first-order chi connectivity index (χ1) is 12.0. The predicted molar refractivity (Wildman–Crippen MR) is 95.5 cm³/mol. The lowest BCUT2D eigenvalue weighted by atomic mass is 10.1. The summed E-state index contributed by atoms with van der Waals surface area (Å²) in [6.07, 6.45) is 0. The van der Waals surface area contributed by atoms with E-state index < -0.39 is 5.91 Å². The van der Waals surface area contributed by atoms with Crippen LogP contribution in [0.2, 0.25) is 5.02 Å². The number of carbonyl (C=O) groups excluding carboxylic acids is 1. The van der Waals surface area contributed by atoms with Gasteiger partial charge in [-0.1, -0.05) is 53.3 Å². The number of aromatic nitrogens is 1. The number of amides is 1. The number of para-hydroxylation sites is 1. The van der Waals surface area contributed by atoms with Crippen molar-refractivity contribution in [2.75, 3.05) is 0 Å². The fourth-order valence-electron chi connectivity index (χ4n) is 2.75. The molecule has 0 fully saturated rings. The minimum atomic E-state index is -0.448. The number of thiazole rings is 1. The molecule has 25 heavy (non-hydrogen) atoms. The van der Waals surface area contributed by atoms with Crippen LogP contribution < -0.4 is 15.4 Å². The molecule has 124 valence electrons. The number of rotatable bonds is 3. The summed E-state index contributed by atoms with van der Waals surface area (Å²) in [6.45, 7) is 0.193. The maximum Gasteiger partial charge on any atom is 0.310 e. The first-order valence-corrected chi connectivity index (χ1v) is 8.64. The van der Waals surface area contributed by atoms with E-state index in [1.807, 2.05) is 0 Å². The molecule has 1 aromatic heterocycles. The summed E-state index contributed by atoms with van der Waals surface area (Å²) in [5, 5.41) is 12.3. The Balaban J connectivity index is 1.85. The topological polar surface area (TPSA) is 71.7 Å². The molecule has 1 aliphatic heterocycles. The smallest absolute Gasteiger partial charge is 0.310 e. The zero-order valence-corrected chi connectivity index (χ0v) is 14.3. The van der Waals surface area contributed by atoms with Gasteiger partial charge in [0.25, 0.3) is 5.91 Å². The molecule has 4 rings (SSSR count). The van der Waals surface area contributed by atoms with Gasteiger partial charge < -0.3 is 5.11 Å². The highest BCUT2D eigenvalue weighted by Gasteiger charge is 2.25. The van der Waals surface area contributed by atoms with Crippen molar-refractivity contribution in [3.05, 3.63) is 84.2 Å². The van der Waals surface area contributed by atoms with Crippen molar-refractivity contribution in [1.29, 1.82) is 0 Å².